The van der Waals surface area contributed by atoms with Crippen LogP contribution in [-0.2, 0) is 11.2 Å². The third-order valence-corrected chi connectivity index (χ3v) is 5.57. The van der Waals surface area contributed by atoms with Gasteiger partial charge in [0.15, 0.2) is 5.82 Å². The molecule has 168 valence electrons. The number of hydrogen-bond acceptors (Lipinski definition) is 7. The lowest BCUT2D eigenvalue weighted by Gasteiger charge is -2.22. The minimum Gasteiger partial charge on any atom is -0.491 e. The molecule has 32 heavy (non-hydrogen) atoms. The Labute approximate surface area is 188 Å². The molecule has 1 fully saturated rings. The van der Waals surface area contributed by atoms with Gasteiger partial charge in [0.25, 0.3) is 0 Å². The Bertz CT molecular complexity index is 993. The Morgan fingerprint density at radius 1 is 1.09 bits per heavy atom. The molecule has 3 heterocycles. The topological polar surface area (TPSA) is 89.4 Å². The highest BCUT2D eigenvalue weighted by Gasteiger charge is 2.17. The summed E-state index contributed by atoms with van der Waals surface area (Å²) in [5, 5.41) is 12.9. The molecule has 1 aliphatic heterocycles. The molecule has 1 atom stereocenters. The van der Waals surface area contributed by atoms with E-state index < -0.39 is 6.10 Å². The van der Waals surface area contributed by atoms with Crippen LogP contribution < -0.4 is 10.1 Å². The van der Waals surface area contributed by atoms with Gasteiger partial charge in [0.2, 0.25) is 0 Å². The van der Waals surface area contributed by atoms with Crippen molar-refractivity contribution in [1.82, 2.24) is 20.3 Å². The normalized spacial score (nSPS) is 15.4. The molecular weight excluding hydrogens is 404 g/mol. The van der Waals surface area contributed by atoms with Crippen LogP contribution in [0.4, 0.5) is 0 Å². The van der Waals surface area contributed by atoms with Crippen LogP contribution in [-0.4, -0.2) is 59.6 Å². The Morgan fingerprint density at radius 3 is 2.69 bits per heavy atom. The second-order valence-corrected chi connectivity index (χ2v) is 8.11. The first-order chi connectivity index (χ1) is 15.7. The molecule has 1 saturated heterocycles. The molecule has 0 amide bonds. The van der Waals surface area contributed by atoms with Crippen molar-refractivity contribution in [1.29, 1.82) is 0 Å². The number of likely N-dealkylation sites (N-methyl/N-ethyl adjacent to an activating group) is 1. The van der Waals surface area contributed by atoms with E-state index in [4.69, 9.17) is 19.4 Å². The van der Waals surface area contributed by atoms with E-state index in [9.17, 15) is 5.11 Å². The smallest absolute Gasteiger partial charge is 0.160 e. The summed E-state index contributed by atoms with van der Waals surface area (Å²) < 4.78 is 11.3. The third kappa shape index (κ3) is 6.09. The van der Waals surface area contributed by atoms with Crippen LogP contribution in [0.1, 0.15) is 18.5 Å². The monoisotopic (exact) mass is 434 g/mol. The molecule has 0 spiro atoms. The summed E-state index contributed by atoms with van der Waals surface area (Å²) in [6, 6.07) is 13.8. The van der Waals surface area contributed by atoms with Gasteiger partial charge < -0.3 is 19.9 Å². The number of nitrogens with one attached hydrogen (secondary N) is 1. The first kappa shape index (κ1) is 22.3. The first-order valence-corrected chi connectivity index (χ1v) is 11.1. The molecule has 0 aliphatic carbocycles. The number of aliphatic hydroxyl groups excluding tert-OH is 1. The molecule has 2 N–H and O–H groups in total. The maximum absolute atomic E-state index is 9.93. The Kier molecular flexibility index (Phi) is 7.77. The lowest BCUT2D eigenvalue weighted by atomic mass is 9.94. The van der Waals surface area contributed by atoms with Gasteiger partial charge in [-0.2, -0.15) is 0 Å². The number of nitrogens with zero attached hydrogens (tertiary/aromatic N) is 3. The summed E-state index contributed by atoms with van der Waals surface area (Å²) in [7, 11) is 1.80. The zero-order valence-corrected chi connectivity index (χ0v) is 18.4. The van der Waals surface area contributed by atoms with Crippen LogP contribution in [0, 0.1) is 5.92 Å². The number of aliphatic hydroxyl groups is 1. The molecule has 2 aromatic heterocycles. The number of pyridine rings is 1. The fourth-order valence-corrected chi connectivity index (χ4v) is 3.86. The van der Waals surface area contributed by atoms with Gasteiger partial charge >= 0.3 is 0 Å². The number of ether oxygens (including phenoxy) is 2. The van der Waals surface area contributed by atoms with Gasteiger partial charge in [-0.1, -0.05) is 12.1 Å². The van der Waals surface area contributed by atoms with Gasteiger partial charge in [-0.05, 0) is 62.6 Å². The van der Waals surface area contributed by atoms with Crippen molar-refractivity contribution >= 4 is 0 Å². The molecule has 3 aromatic rings. The van der Waals surface area contributed by atoms with Crippen molar-refractivity contribution in [2.75, 3.05) is 33.4 Å². The summed E-state index contributed by atoms with van der Waals surface area (Å²) in [4.78, 5) is 13.8. The van der Waals surface area contributed by atoms with E-state index in [1.807, 2.05) is 36.4 Å². The standard InChI is InChI=1S/C25H30N4O3/c1-26-16-22(30)17-32-23-4-2-3-20(14-23)24-15-21(13-18-7-11-31-12-8-18)28-25(29-24)19-5-9-27-10-6-19/h2-6,9-10,14-15,18,22,26,30H,7-8,11-13,16-17H2,1H3. The van der Waals surface area contributed by atoms with Crippen LogP contribution in [0.2, 0.25) is 0 Å². The molecule has 0 radical (unpaired) electrons. The van der Waals surface area contributed by atoms with Crippen LogP contribution in [0.3, 0.4) is 0 Å². The van der Waals surface area contributed by atoms with Gasteiger partial charge in [0.05, 0.1) is 5.69 Å². The van der Waals surface area contributed by atoms with Crippen LogP contribution in [0.5, 0.6) is 5.75 Å². The summed E-state index contributed by atoms with van der Waals surface area (Å²) in [6.45, 7) is 2.35. The predicted octanol–water partition coefficient (Wildman–Crippen LogP) is 3.13. The molecule has 1 aliphatic rings. The highest BCUT2D eigenvalue weighted by molar-refractivity contribution is 5.65. The molecule has 0 saturated carbocycles. The average Bonchev–Trinajstić information content (AvgIpc) is 2.84. The van der Waals surface area contributed by atoms with Gasteiger partial charge in [-0.3, -0.25) is 4.98 Å². The minimum absolute atomic E-state index is 0.228. The average molecular weight is 435 g/mol. The van der Waals surface area contributed by atoms with Crippen molar-refractivity contribution < 1.29 is 14.6 Å². The predicted molar refractivity (Wildman–Crippen MR) is 123 cm³/mol. The fraction of sp³-hybridized carbons (Fsp3) is 0.400. The number of rotatable bonds is 9. The lowest BCUT2D eigenvalue weighted by molar-refractivity contribution is 0.0663. The molecular formula is C25H30N4O3. The van der Waals surface area contributed by atoms with E-state index in [2.05, 4.69) is 16.4 Å². The van der Waals surface area contributed by atoms with Gasteiger partial charge in [0, 0.05) is 49.0 Å². The van der Waals surface area contributed by atoms with Crippen molar-refractivity contribution in [2.45, 2.75) is 25.4 Å². The highest BCUT2D eigenvalue weighted by Crippen LogP contribution is 2.27. The maximum atomic E-state index is 9.93. The van der Waals surface area contributed by atoms with Crippen molar-refractivity contribution in [3.63, 3.8) is 0 Å². The number of hydrogen-bond donors (Lipinski definition) is 2. The zero-order chi connectivity index (χ0) is 22.2. The number of aromatic nitrogens is 3. The van der Waals surface area contributed by atoms with Crippen molar-refractivity contribution in [2.24, 2.45) is 5.92 Å². The first-order valence-electron chi connectivity index (χ1n) is 11.1. The van der Waals surface area contributed by atoms with E-state index in [1.54, 1.807) is 19.4 Å². The Balaban J connectivity index is 1.62. The fourth-order valence-electron chi connectivity index (χ4n) is 3.86. The zero-order valence-electron chi connectivity index (χ0n) is 18.4. The Hall–Kier alpha value is -2.87. The van der Waals surface area contributed by atoms with Crippen LogP contribution in [0.25, 0.3) is 22.6 Å². The van der Waals surface area contributed by atoms with E-state index in [0.29, 0.717) is 24.0 Å². The Morgan fingerprint density at radius 2 is 1.91 bits per heavy atom. The number of benzene rings is 1. The molecule has 0 bridgehead atoms. The third-order valence-electron chi connectivity index (χ3n) is 5.57. The lowest BCUT2D eigenvalue weighted by Crippen LogP contribution is -2.29. The molecule has 7 heteroatoms. The van der Waals surface area contributed by atoms with Crippen LogP contribution in [0.15, 0.2) is 54.9 Å². The van der Waals surface area contributed by atoms with E-state index in [-0.39, 0.29) is 6.61 Å². The maximum Gasteiger partial charge on any atom is 0.160 e. The summed E-state index contributed by atoms with van der Waals surface area (Å²) >= 11 is 0. The second kappa shape index (κ2) is 11.1. The second-order valence-electron chi connectivity index (χ2n) is 8.11. The summed E-state index contributed by atoms with van der Waals surface area (Å²) in [6.07, 6.45) is 5.98. The minimum atomic E-state index is -0.563. The van der Waals surface area contributed by atoms with E-state index >= 15 is 0 Å². The summed E-state index contributed by atoms with van der Waals surface area (Å²) in [5.74, 6) is 1.97. The molecule has 1 unspecified atom stereocenters. The van der Waals surface area contributed by atoms with Crippen molar-refractivity contribution in [3.05, 3.63) is 60.6 Å². The molecule has 4 rings (SSSR count). The van der Waals surface area contributed by atoms with Gasteiger partial charge in [-0.25, -0.2) is 9.97 Å². The van der Waals surface area contributed by atoms with Gasteiger partial charge in [-0.15, -0.1) is 0 Å². The molecule has 1 aromatic carbocycles. The molecule has 7 nitrogen and oxygen atoms in total. The van der Waals surface area contributed by atoms with Crippen LogP contribution >= 0.6 is 0 Å². The van der Waals surface area contributed by atoms with Crippen molar-refractivity contribution in [3.8, 4) is 28.4 Å². The highest BCUT2D eigenvalue weighted by atomic mass is 16.5. The largest absolute Gasteiger partial charge is 0.491 e. The SMILES string of the molecule is CNCC(O)COc1cccc(-c2cc(CC3CCOCC3)nc(-c3ccncc3)n2)c1. The quantitative estimate of drug-likeness (QED) is 0.535. The van der Waals surface area contributed by atoms with Gasteiger partial charge in [0.1, 0.15) is 18.5 Å². The van der Waals surface area contributed by atoms with E-state index in [0.717, 1.165) is 55.0 Å². The van der Waals surface area contributed by atoms with E-state index in [1.165, 1.54) is 0 Å². The summed E-state index contributed by atoms with van der Waals surface area (Å²) in [5.41, 5.74) is 3.79.